The quantitative estimate of drug-likeness (QED) is 0.667. The predicted octanol–water partition coefficient (Wildman–Crippen LogP) is 3.01. The summed E-state index contributed by atoms with van der Waals surface area (Å²) < 4.78 is 25.2. The molecule has 0 spiro atoms. The third-order valence-corrected chi connectivity index (χ3v) is 6.53. The predicted molar refractivity (Wildman–Crippen MR) is 114 cm³/mol. The number of carbonyl (C=O) groups excluding carboxylic acids is 1. The second-order valence-corrected chi connectivity index (χ2v) is 9.23. The van der Waals surface area contributed by atoms with Gasteiger partial charge in [0, 0.05) is 37.1 Å². The van der Waals surface area contributed by atoms with Crippen LogP contribution in [0, 0.1) is 0 Å². The van der Waals surface area contributed by atoms with Crippen molar-refractivity contribution in [2.24, 2.45) is 0 Å². The Bertz CT molecular complexity index is 1150. The molecule has 1 aliphatic rings. The fourth-order valence-corrected chi connectivity index (χ4v) is 4.58. The molecule has 1 aliphatic heterocycles. The number of rotatable bonds is 3. The lowest BCUT2D eigenvalue weighted by atomic mass is 10.0. The molecule has 2 heterocycles. The van der Waals surface area contributed by atoms with Gasteiger partial charge in [-0.05, 0) is 18.6 Å². The lowest BCUT2D eigenvalue weighted by Crippen LogP contribution is -2.37. The Labute approximate surface area is 170 Å². The minimum absolute atomic E-state index is 0.0869. The summed E-state index contributed by atoms with van der Waals surface area (Å²) in [5.41, 5.74) is 3.07. The molecule has 1 saturated heterocycles. The number of carbonyl (C=O) groups is 1. The van der Waals surface area contributed by atoms with E-state index >= 15 is 0 Å². The van der Waals surface area contributed by atoms with E-state index in [-0.39, 0.29) is 5.91 Å². The lowest BCUT2D eigenvalue weighted by molar-refractivity contribution is 0.0766. The van der Waals surface area contributed by atoms with E-state index in [0.29, 0.717) is 38.2 Å². The maximum absolute atomic E-state index is 13.4. The molecule has 0 unspecified atom stereocenters. The number of aromatic nitrogens is 1. The maximum atomic E-state index is 13.4. The van der Waals surface area contributed by atoms with E-state index in [9.17, 15) is 13.2 Å². The topological polar surface area (TPSA) is 70.6 Å². The Balaban J connectivity index is 1.72. The molecule has 0 radical (unpaired) electrons. The molecule has 3 aromatic rings. The first-order chi connectivity index (χ1) is 13.9. The van der Waals surface area contributed by atoms with Crippen molar-refractivity contribution < 1.29 is 13.2 Å². The number of nitrogens with zero attached hydrogens (tertiary/aromatic N) is 3. The normalized spacial score (nSPS) is 16.0. The van der Waals surface area contributed by atoms with E-state index in [1.807, 2.05) is 60.7 Å². The van der Waals surface area contributed by atoms with Crippen molar-refractivity contribution in [1.29, 1.82) is 0 Å². The summed E-state index contributed by atoms with van der Waals surface area (Å²) in [7, 11) is -3.26. The van der Waals surface area contributed by atoms with Crippen molar-refractivity contribution in [3.8, 4) is 11.3 Å². The van der Waals surface area contributed by atoms with Gasteiger partial charge in [0.2, 0.25) is 10.0 Å². The van der Waals surface area contributed by atoms with Crippen molar-refractivity contribution in [1.82, 2.24) is 14.2 Å². The highest BCUT2D eigenvalue weighted by Gasteiger charge is 2.25. The number of amides is 1. The van der Waals surface area contributed by atoms with Crippen LogP contribution in [0.1, 0.15) is 16.8 Å². The Morgan fingerprint density at radius 3 is 2.41 bits per heavy atom. The van der Waals surface area contributed by atoms with Crippen LogP contribution in [0.3, 0.4) is 0 Å². The van der Waals surface area contributed by atoms with Crippen LogP contribution < -0.4 is 0 Å². The number of fused-ring (bicyclic) bond motifs is 1. The average Bonchev–Trinajstić information content (AvgIpc) is 2.99. The molecule has 0 saturated carbocycles. The van der Waals surface area contributed by atoms with Gasteiger partial charge in [-0.2, -0.15) is 0 Å². The van der Waals surface area contributed by atoms with E-state index in [4.69, 9.17) is 4.98 Å². The van der Waals surface area contributed by atoms with Crippen molar-refractivity contribution in [3.63, 3.8) is 0 Å². The molecule has 6 nitrogen and oxygen atoms in total. The summed E-state index contributed by atoms with van der Waals surface area (Å²) in [6.07, 6.45) is 1.83. The van der Waals surface area contributed by atoms with Crippen LogP contribution in [0.5, 0.6) is 0 Å². The lowest BCUT2D eigenvalue weighted by Gasteiger charge is -2.22. The summed E-state index contributed by atoms with van der Waals surface area (Å²) in [6, 6.07) is 19.3. The van der Waals surface area contributed by atoms with Crippen LogP contribution in [-0.4, -0.2) is 60.9 Å². The van der Waals surface area contributed by atoms with Gasteiger partial charge in [-0.15, -0.1) is 0 Å². The Kier molecular flexibility index (Phi) is 5.34. The van der Waals surface area contributed by atoms with Crippen molar-refractivity contribution in [2.45, 2.75) is 6.42 Å². The van der Waals surface area contributed by atoms with Gasteiger partial charge in [0.25, 0.3) is 5.91 Å². The first-order valence-electron chi connectivity index (χ1n) is 9.63. The van der Waals surface area contributed by atoms with Gasteiger partial charge in [-0.1, -0.05) is 48.5 Å². The van der Waals surface area contributed by atoms with Crippen LogP contribution in [0.15, 0.2) is 60.7 Å². The second-order valence-electron chi connectivity index (χ2n) is 7.25. The van der Waals surface area contributed by atoms with Gasteiger partial charge in [0.15, 0.2) is 0 Å². The van der Waals surface area contributed by atoms with E-state index < -0.39 is 10.0 Å². The molecular formula is C22H23N3O3S. The summed E-state index contributed by atoms with van der Waals surface area (Å²) >= 11 is 0. The SMILES string of the molecule is CS(=O)(=O)N1CCCN(C(=O)c2cc(-c3ccccc3)nc3ccccc23)CC1. The first-order valence-corrected chi connectivity index (χ1v) is 11.5. The highest BCUT2D eigenvalue weighted by atomic mass is 32.2. The van der Waals surface area contributed by atoms with E-state index in [1.165, 1.54) is 10.6 Å². The largest absolute Gasteiger partial charge is 0.337 e. The molecule has 4 rings (SSSR count). The summed E-state index contributed by atoms with van der Waals surface area (Å²) in [5.74, 6) is -0.0869. The molecule has 29 heavy (non-hydrogen) atoms. The van der Waals surface area contributed by atoms with Crippen molar-refractivity contribution in [2.75, 3.05) is 32.4 Å². The van der Waals surface area contributed by atoms with Gasteiger partial charge in [0.1, 0.15) is 0 Å². The number of pyridine rings is 1. The minimum atomic E-state index is -3.26. The third kappa shape index (κ3) is 4.16. The van der Waals surface area contributed by atoms with Gasteiger partial charge < -0.3 is 4.90 Å². The molecule has 2 aromatic carbocycles. The van der Waals surface area contributed by atoms with Crippen molar-refractivity contribution >= 4 is 26.8 Å². The zero-order valence-corrected chi connectivity index (χ0v) is 17.1. The van der Waals surface area contributed by atoms with Gasteiger partial charge in [-0.25, -0.2) is 17.7 Å². The summed E-state index contributed by atoms with van der Waals surface area (Å²) in [6.45, 7) is 1.67. The van der Waals surface area contributed by atoms with Gasteiger partial charge in [-0.3, -0.25) is 4.79 Å². The number of benzene rings is 2. The zero-order valence-electron chi connectivity index (χ0n) is 16.3. The monoisotopic (exact) mass is 409 g/mol. The third-order valence-electron chi connectivity index (χ3n) is 5.23. The highest BCUT2D eigenvalue weighted by molar-refractivity contribution is 7.88. The molecular weight excluding hydrogens is 386 g/mol. The molecule has 0 atom stereocenters. The second kappa shape index (κ2) is 7.93. The fraction of sp³-hybridized carbons (Fsp3) is 0.273. The molecule has 1 fully saturated rings. The van der Waals surface area contributed by atoms with Crippen LogP contribution in [0.4, 0.5) is 0 Å². The Morgan fingerprint density at radius 1 is 0.931 bits per heavy atom. The van der Waals surface area contributed by atoms with Crippen LogP contribution in [0.25, 0.3) is 22.2 Å². The Hall–Kier alpha value is -2.77. The van der Waals surface area contributed by atoms with E-state index in [2.05, 4.69) is 0 Å². The number of hydrogen-bond acceptors (Lipinski definition) is 4. The number of para-hydroxylation sites is 1. The molecule has 7 heteroatoms. The summed E-state index contributed by atoms with van der Waals surface area (Å²) in [4.78, 5) is 19.9. The van der Waals surface area contributed by atoms with Crippen LogP contribution in [-0.2, 0) is 10.0 Å². The molecule has 0 bridgehead atoms. The number of sulfonamides is 1. The number of hydrogen-bond donors (Lipinski definition) is 0. The summed E-state index contributed by atoms with van der Waals surface area (Å²) in [5, 5.41) is 0.807. The molecule has 1 aromatic heterocycles. The minimum Gasteiger partial charge on any atom is -0.337 e. The first kappa shape index (κ1) is 19.5. The van der Waals surface area contributed by atoms with Crippen LogP contribution >= 0.6 is 0 Å². The van der Waals surface area contributed by atoms with E-state index in [0.717, 1.165) is 22.2 Å². The van der Waals surface area contributed by atoms with E-state index in [1.54, 1.807) is 4.90 Å². The standard InChI is InChI=1S/C22H23N3O3S/c1-29(27,28)25-13-7-12-24(14-15-25)22(26)19-16-21(17-8-3-2-4-9-17)23-20-11-6-5-10-18(19)20/h2-6,8-11,16H,7,12-15H2,1H3. The highest BCUT2D eigenvalue weighted by Crippen LogP contribution is 2.26. The molecule has 0 aliphatic carbocycles. The average molecular weight is 410 g/mol. The Morgan fingerprint density at radius 2 is 1.66 bits per heavy atom. The van der Waals surface area contributed by atoms with Crippen LogP contribution in [0.2, 0.25) is 0 Å². The zero-order chi connectivity index (χ0) is 20.4. The smallest absolute Gasteiger partial charge is 0.254 e. The van der Waals surface area contributed by atoms with Crippen molar-refractivity contribution in [3.05, 3.63) is 66.2 Å². The van der Waals surface area contributed by atoms with Gasteiger partial charge in [0.05, 0.1) is 23.0 Å². The molecule has 150 valence electrons. The maximum Gasteiger partial charge on any atom is 0.254 e. The molecule has 1 amide bonds. The molecule has 0 N–H and O–H groups in total. The fourth-order valence-electron chi connectivity index (χ4n) is 3.71. The van der Waals surface area contributed by atoms with Gasteiger partial charge >= 0.3 is 0 Å².